The molecule has 3 heteroatoms. The summed E-state index contributed by atoms with van der Waals surface area (Å²) in [7, 11) is 0. The molecule has 3 nitrogen and oxygen atoms in total. The lowest BCUT2D eigenvalue weighted by molar-refractivity contribution is -0.148. The van der Waals surface area contributed by atoms with Crippen molar-refractivity contribution in [2.75, 3.05) is 0 Å². The number of carbonyl (C=O) groups is 2. The molecule has 0 spiro atoms. The molecule has 0 aliphatic carbocycles. The Bertz CT molecular complexity index is 549. The van der Waals surface area contributed by atoms with Crippen LogP contribution in [0.15, 0.2) is 60.7 Å². The molecule has 3 rings (SSSR count). The molecule has 1 N–H and O–H groups in total. The Kier molecular flexibility index (Phi) is 2.27. The Labute approximate surface area is 104 Å². The van der Waals surface area contributed by atoms with Crippen LogP contribution in [0, 0.1) is 0 Å². The fourth-order valence-electron chi connectivity index (χ4n) is 2.40. The second kappa shape index (κ2) is 3.81. The summed E-state index contributed by atoms with van der Waals surface area (Å²) in [5.41, 5.74) is 0.262. The summed E-state index contributed by atoms with van der Waals surface area (Å²) < 4.78 is 0. The Morgan fingerprint density at radius 3 is 1.39 bits per heavy atom. The van der Waals surface area contributed by atoms with Gasteiger partial charge in [-0.15, -0.1) is 0 Å². The van der Waals surface area contributed by atoms with Gasteiger partial charge in [-0.25, -0.2) is 0 Å². The highest BCUT2D eigenvalue weighted by Gasteiger charge is 2.57. The maximum absolute atomic E-state index is 12.0. The van der Waals surface area contributed by atoms with Crippen molar-refractivity contribution in [1.29, 1.82) is 0 Å². The Morgan fingerprint density at radius 2 is 1.06 bits per heavy atom. The molecule has 2 aromatic rings. The highest BCUT2D eigenvalue weighted by molar-refractivity contribution is 6.29. The molecule has 0 saturated carbocycles. The second-order valence-electron chi connectivity index (χ2n) is 4.27. The van der Waals surface area contributed by atoms with E-state index in [0.717, 1.165) is 0 Å². The lowest BCUT2D eigenvalue weighted by Crippen LogP contribution is -2.67. The SMILES string of the molecule is O=C1NC(=O)C1(c1ccccc1)c1ccccc1. The van der Waals surface area contributed by atoms with Crippen molar-refractivity contribution in [1.82, 2.24) is 5.32 Å². The molecule has 1 aliphatic heterocycles. The zero-order valence-corrected chi connectivity index (χ0v) is 9.59. The fraction of sp³-hybridized carbons (Fsp3) is 0.0667. The van der Waals surface area contributed by atoms with E-state index in [1.54, 1.807) is 0 Å². The fourth-order valence-corrected chi connectivity index (χ4v) is 2.40. The third-order valence-electron chi connectivity index (χ3n) is 3.32. The van der Waals surface area contributed by atoms with Gasteiger partial charge in [-0.1, -0.05) is 60.7 Å². The first-order valence-electron chi connectivity index (χ1n) is 5.73. The van der Waals surface area contributed by atoms with Crippen LogP contribution >= 0.6 is 0 Å². The van der Waals surface area contributed by atoms with E-state index < -0.39 is 5.41 Å². The van der Waals surface area contributed by atoms with Crippen molar-refractivity contribution < 1.29 is 9.59 Å². The predicted octanol–water partition coefficient (Wildman–Crippen LogP) is 1.63. The lowest BCUT2D eigenvalue weighted by Gasteiger charge is -2.39. The highest BCUT2D eigenvalue weighted by atomic mass is 16.2. The summed E-state index contributed by atoms with van der Waals surface area (Å²) in [6, 6.07) is 18.3. The summed E-state index contributed by atoms with van der Waals surface area (Å²) in [6.45, 7) is 0. The third kappa shape index (κ3) is 1.24. The molecule has 1 fully saturated rings. The zero-order chi connectivity index (χ0) is 12.6. The van der Waals surface area contributed by atoms with E-state index in [2.05, 4.69) is 5.32 Å². The average Bonchev–Trinajstić information content (AvgIpc) is 2.41. The third-order valence-corrected chi connectivity index (χ3v) is 3.32. The summed E-state index contributed by atoms with van der Waals surface area (Å²) >= 11 is 0. The molecular weight excluding hydrogens is 226 g/mol. The van der Waals surface area contributed by atoms with E-state index in [1.807, 2.05) is 60.7 Å². The van der Waals surface area contributed by atoms with Crippen LogP contribution in [0.3, 0.4) is 0 Å². The van der Waals surface area contributed by atoms with Crippen LogP contribution in [-0.4, -0.2) is 11.8 Å². The average molecular weight is 237 g/mol. The summed E-state index contributed by atoms with van der Waals surface area (Å²) in [5.74, 6) is -0.519. The predicted molar refractivity (Wildman–Crippen MR) is 66.8 cm³/mol. The quantitative estimate of drug-likeness (QED) is 0.637. The molecule has 2 aromatic carbocycles. The van der Waals surface area contributed by atoms with Gasteiger partial charge in [0.1, 0.15) is 0 Å². The lowest BCUT2D eigenvalue weighted by atomic mass is 9.68. The number of β-lactam (4-membered cyclic amide) rings is 2. The van der Waals surface area contributed by atoms with Gasteiger partial charge >= 0.3 is 0 Å². The van der Waals surface area contributed by atoms with Gasteiger partial charge in [0.25, 0.3) is 11.8 Å². The Morgan fingerprint density at radius 1 is 0.667 bits per heavy atom. The summed E-state index contributed by atoms with van der Waals surface area (Å²) in [4.78, 5) is 24.1. The first kappa shape index (κ1) is 10.7. The Hall–Kier alpha value is -2.42. The van der Waals surface area contributed by atoms with E-state index in [9.17, 15) is 9.59 Å². The number of hydrogen-bond donors (Lipinski definition) is 1. The van der Waals surface area contributed by atoms with E-state index in [-0.39, 0.29) is 11.8 Å². The Balaban J connectivity index is 2.24. The molecule has 0 aromatic heterocycles. The number of carbonyl (C=O) groups excluding carboxylic acids is 2. The largest absolute Gasteiger partial charge is 0.293 e. The first-order valence-corrected chi connectivity index (χ1v) is 5.73. The molecule has 0 bridgehead atoms. The molecule has 0 atom stereocenters. The van der Waals surface area contributed by atoms with Gasteiger partial charge in [-0.2, -0.15) is 0 Å². The van der Waals surface area contributed by atoms with Crippen LogP contribution in [0.25, 0.3) is 0 Å². The maximum Gasteiger partial charge on any atom is 0.251 e. The summed E-state index contributed by atoms with van der Waals surface area (Å²) in [5, 5.41) is 2.32. The molecule has 1 saturated heterocycles. The first-order chi connectivity index (χ1) is 8.76. The van der Waals surface area contributed by atoms with E-state index in [4.69, 9.17) is 0 Å². The van der Waals surface area contributed by atoms with Crippen LogP contribution < -0.4 is 5.32 Å². The van der Waals surface area contributed by atoms with Crippen LogP contribution in [0.5, 0.6) is 0 Å². The second-order valence-corrected chi connectivity index (χ2v) is 4.27. The molecule has 0 unspecified atom stereocenters. The molecule has 1 heterocycles. The van der Waals surface area contributed by atoms with Crippen LogP contribution in [0.1, 0.15) is 11.1 Å². The number of nitrogens with one attached hydrogen (secondary N) is 1. The van der Waals surface area contributed by atoms with Crippen LogP contribution in [0.2, 0.25) is 0 Å². The maximum atomic E-state index is 12.0. The smallest absolute Gasteiger partial charge is 0.251 e. The number of imide groups is 1. The zero-order valence-electron chi connectivity index (χ0n) is 9.59. The van der Waals surface area contributed by atoms with Crippen LogP contribution in [0.4, 0.5) is 0 Å². The topological polar surface area (TPSA) is 46.2 Å². The van der Waals surface area contributed by atoms with Crippen LogP contribution in [-0.2, 0) is 15.0 Å². The van der Waals surface area contributed by atoms with Gasteiger partial charge in [0.15, 0.2) is 5.41 Å². The van der Waals surface area contributed by atoms with Gasteiger partial charge in [-0.05, 0) is 11.1 Å². The minimum Gasteiger partial charge on any atom is -0.293 e. The molecule has 2 amide bonds. The van der Waals surface area contributed by atoms with E-state index >= 15 is 0 Å². The summed E-state index contributed by atoms with van der Waals surface area (Å²) in [6.07, 6.45) is 0. The normalized spacial score (nSPS) is 16.9. The van der Waals surface area contributed by atoms with Crippen molar-refractivity contribution in [3.8, 4) is 0 Å². The molecule has 88 valence electrons. The van der Waals surface area contributed by atoms with Gasteiger partial charge in [0.2, 0.25) is 0 Å². The number of hydrogen-bond acceptors (Lipinski definition) is 2. The van der Waals surface area contributed by atoms with Gasteiger partial charge in [0, 0.05) is 0 Å². The minimum atomic E-state index is -1.16. The van der Waals surface area contributed by atoms with E-state index in [1.165, 1.54) is 0 Å². The van der Waals surface area contributed by atoms with Crippen molar-refractivity contribution in [3.63, 3.8) is 0 Å². The van der Waals surface area contributed by atoms with Gasteiger partial charge in [-0.3, -0.25) is 14.9 Å². The van der Waals surface area contributed by atoms with Gasteiger partial charge < -0.3 is 0 Å². The van der Waals surface area contributed by atoms with Crippen molar-refractivity contribution in [2.24, 2.45) is 0 Å². The van der Waals surface area contributed by atoms with E-state index in [0.29, 0.717) is 11.1 Å². The highest BCUT2D eigenvalue weighted by Crippen LogP contribution is 2.37. The van der Waals surface area contributed by atoms with Crippen molar-refractivity contribution in [3.05, 3.63) is 71.8 Å². The monoisotopic (exact) mass is 237 g/mol. The number of benzene rings is 2. The van der Waals surface area contributed by atoms with Crippen molar-refractivity contribution in [2.45, 2.75) is 5.41 Å². The standard InChI is InChI=1S/C15H11NO2/c17-13-15(14(18)16-13,11-7-3-1-4-8-11)12-9-5-2-6-10-12/h1-10H,(H,16,17,18). The molecular formula is C15H11NO2. The molecule has 18 heavy (non-hydrogen) atoms. The van der Waals surface area contributed by atoms with Crippen molar-refractivity contribution >= 4 is 11.8 Å². The minimum absolute atomic E-state index is 0.259. The molecule has 1 aliphatic rings. The number of rotatable bonds is 2. The number of amides is 2. The van der Waals surface area contributed by atoms with Gasteiger partial charge in [0.05, 0.1) is 0 Å². The molecule has 0 radical (unpaired) electrons.